The maximum Gasteiger partial charge on any atom is 0.306 e. The largest absolute Gasteiger partial charge is 0.463 e. The van der Waals surface area contributed by atoms with Gasteiger partial charge in [-0.3, -0.25) is 9.59 Å². The van der Waals surface area contributed by atoms with Crippen molar-refractivity contribution in [2.24, 2.45) is 32.5 Å². The van der Waals surface area contributed by atoms with E-state index in [0.717, 1.165) is 22.3 Å². The lowest BCUT2D eigenvalue weighted by atomic mass is 9.58. The molecule has 0 radical (unpaired) electrons. The van der Waals surface area contributed by atoms with Gasteiger partial charge < -0.3 is 29.2 Å². The summed E-state index contributed by atoms with van der Waals surface area (Å²) in [6.07, 6.45) is 8.79. The van der Waals surface area contributed by atoms with Gasteiger partial charge in [-0.05, 0) is 45.6 Å². The fourth-order valence-electron chi connectivity index (χ4n) is 6.40. The highest BCUT2D eigenvalue weighted by molar-refractivity contribution is 5.70. The Kier molecular flexibility index (Phi) is 15.0. The van der Waals surface area contributed by atoms with Gasteiger partial charge in [0.15, 0.2) is 0 Å². The molecular weight excluding hydrogens is 632 g/mol. The number of ether oxygens (including phenoxy) is 4. The summed E-state index contributed by atoms with van der Waals surface area (Å²) in [5.41, 5.74) is 2.43. The standard InChI is InChI=1S/C42H70O8/c1-37(2,3)31-25-29(27-41(13,35(31)45)39(7,8)9)15-17-33(43)49-23-21-47-19-20-48-22-24-50-34(44)18-16-30-26-32(38(4,5)6)36(46)42(14,28-30)40(10,11)12/h25-28,35-36,45-46H,15-24H2,1-14H3. The van der Waals surface area contributed by atoms with Crippen molar-refractivity contribution in [3.05, 3.63) is 46.6 Å². The molecule has 0 aromatic carbocycles. The molecule has 4 unspecified atom stereocenters. The lowest BCUT2D eigenvalue weighted by Gasteiger charge is -2.49. The summed E-state index contributed by atoms with van der Waals surface area (Å²) in [6, 6.07) is 0. The van der Waals surface area contributed by atoms with Crippen LogP contribution < -0.4 is 0 Å². The van der Waals surface area contributed by atoms with Gasteiger partial charge in [-0.2, -0.15) is 0 Å². The highest BCUT2D eigenvalue weighted by atomic mass is 16.6. The second-order valence-electron chi connectivity index (χ2n) is 18.7. The molecule has 8 heteroatoms. The maximum absolute atomic E-state index is 12.5. The van der Waals surface area contributed by atoms with Crippen molar-refractivity contribution < 1.29 is 38.7 Å². The molecular formula is C42H70O8. The Hall–Kier alpha value is -2.26. The number of hydrogen-bond donors (Lipinski definition) is 2. The van der Waals surface area contributed by atoms with Crippen LogP contribution in [0.15, 0.2) is 46.6 Å². The molecule has 286 valence electrons. The average Bonchev–Trinajstić information content (AvgIpc) is 2.96. The molecule has 0 amide bonds. The van der Waals surface area contributed by atoms with Crippen molar-refractivity contribution in [3.63, 3.8) is 0 Å². The fourth-order valence-corrected chi connectivity index (χ4v) is 6.40. The lowest BCUT2D eigenvalue weighted by Crippen LogP contribution is -2.46. The monoisotopic (exact) mass is 703 g/mol. The van der Waals surface area contributed by atoms with Gasteiger partial charge >= 0.3 is 11.9 Å². The minimum atomic E-state index is -0.591. The van der Waals surface area contributed by atoms with Crippen molar-refractivity contribution >= 4 is 11.9 Å². The molecule has 0 aromatic heterocycles. The number of aliphatic hydroxyl groups is 2. The zero-order chi connectivity index (χ0) is 38.3. The first-order valence-corrected chi connectivity index (χ1v) is 18.4. The Labute approximate surface area is 303 Å². The molecule has 0 heterocycles. The fraction of sp³-hybridized carbons (Fsp3) is 0.762. The summed E-state index contributed by atoms with van der Waals surface area (Å²) in [4.78, 5) is 24.9. The van der Waals surface area contributed by atoms with E-state index in [4.69, 9.17) is 18.9 Å². The van der Waals surface area contributed by atoms with Gasteiger partial charge in [0.2, 0.25) is 0 Å². The lowest BCUT2D eigenvalue weighted by molar-refractivity contribution is -0.146. The van der Waals surface area contributed by atoms with Gasteiger partial charge in [0.1, 0.15) is 13.2 Å². The third-order valence-electron chi connectivity index (χ3n) is 10.9. The van der Waals surface area contributed by atoms with Crippen LogP contribution in [0, 0.1) is 32.5 Å². The van der Waals surface area contributed by atoms with Crippen molar-refractivity contribution in [3.8, 4) is 0 Å². The van der Waals surface area contributed by atoms with Gasteiger partial charge in [0.25, 0.3) is 0 Å². The molecule has 4 atom stereocenters. The summed E-state index contributed by atoms with van der Waals surface area (Å²) < 4.78 is 21.8. The van der Waals surface area contributed by atoms with Crippen LogP contribution in [0.25, 0.3) is 0 Å². The number of aliphatic hydroxyl groups excluding tert-OH is 2. The van der Waals surface area contributed by atoms with Gasteiger partial charge in [-0.15, -0.1) is 0 Å². The van der Waals surface area contributed by atoms with Crippen molar-refractivity contribution in [2.45, 2.75) is 135 Å². The third-order valence-corrected chi connectivity index (χ3v) is 10.9. The summed E-state index contributed by atoms with van der Waals surface area (Å²) in [5.74, 6) is -0.568. The number of hydrogen-bond acceptors (Lipinski definition) is 8. The SMILES string of the molecule is CC(C)(C)C1=CC(CCC(=O)OCCOCCOCCOC(=O)CCC2=CC(C)(C(C)(C)C)C(O)C(C(C)(C)C)=C2)=CC(C)(C(C)(C)C)C1O. The second kappa shape index (κ2) is 17.0. The van der Waals surface area contributed by atoms with E-state index in [1.54, 1.807) is 0 Å². The molecule has 0 spiro atoms. The predicted molar refractivity (Wildman–Crippen MR) is 200 cm³/mol. The van der Waals surface area contributed by atoms with E-state index in [0.29, 0.717) is 26.1 Å². The van der Waals surface area contributed by atoms with Crippen LogP contribution in [0.2, 0.25) is 0 Å². The molecule has 0 fully saturated rings. The predicted octanol–water partition coefficient (Wildman–Crippen LogP) is 8.32. The zero-order valence-corrected chi connectivity index (χ0v) is 33.9. The average molecular weight is 703 g/mol. The van der Waals surface area contributed by atoms with Gasteiger partial charge in [0, 0.05) is 23.7 Å². The Balaban J connectivity index is 1.66. The first kappa shape index (κ1) is 43.9. The van der Waals surface area contributed by atoms with E-state index in [9.17, 15) is 19.8 Å². The molecule has 8 nitrogen and oxygen atoms in total. The van der Waals surface area contributed by atoms with Crippen LogP contribution in [0.1, 0.15) is 123 Å². The summed E-state index contributed by atoms with van der Waals surface area (Å²) in [7, 11) is 0. The molecule has 2 aliphatic carbocycles. The number of rotatable bonds is 15. The van der Waals surface area contributed by atoms with Gasteiger partial charge in [0.05, 0.1) is 38.6 Å². The van der Waals surface area contributed by atoms with Crippen LogP contribution in [0.3, 0.4) is 0 Å². The van der Waals surface area contributed by atoms with Crippen LogP contribution in [-0.2, 0) is 28.5 Å². The number of esters is 2. The third kappa shape index (κ3) is 11.6. The molecule has 0 saturated heterocycles. The van der Waals surface area contributed by atoms with Crippen molar-refractivity contribution in [1.82, 2.24) is 0 Å². The van der Waals surface area contributed by atoms with Crippen LogP contribution in [0.5, 0.6) is 0 Å². The minimum absolute atomic E-state index is 0.160. The Morgan fingerprint density at radius 2 is 0.880 bits per heavy atom. The number of carbonyl (C=O) groups excluding carboxylic acids is 2. The summed E-state index contributed by atoms with van der Waals surface area (Å²) in [6.45, 7) is 31.2. The Morgan fingerprint density at radius 1 is 0.580 bits per heavy atom. The zero-order valence-electron chi connectivity index (χ0n) is 33.9. The summed E-state index contributed by atoms with van der Waals surface area (Å²) >= 11 is 0. The maximum atomic E-state index is 12.5. The van der Waals surface area contributed by atoms with E-state index in [2.05, 4.69) is 121 Å². The molecule has 2 aliphatic rings. The van der Waals surface area contributed by atoms with Crippen molar-refractivity contribution in [2.75, 3.05) is 39.6 Å². The van der Waals surface area contributed by atoms with Gasteiger partial charge in [-0.1, -0.05) is 132 Å². The molecule has 0 aliphatic heterocycles. The van der Waals surface area contributed by atoms with E-state index in [1.165, 1.54) is 0 Å². The Bertz CT molecular complexity index is 1190. The van der Waals surface area contributed by atoms with E-state index in [1.807, 2.05) is 0 Å². The first-order chi connectivity index (χ1) is 22.7. The highest BCUT2D eigenvalue weighted by Gasteiger charge is 2.48. The topological polar surface area (TPSA) is 112 Å². The van der Waals surface area contributed by atoms with Crippen molar-refractivity contribution in [1.29, 1.82) is 0 Å². The minimum Gasteiger partial charge on any atom is -0.463 e. The van der Waals surface area contributed by atoms with Crippen LogP contribution in [0.4, 0.5) is 0 Å². The quantitative estimate of drug-likeness (QED) is 0.130. The number of carbonyl (C=O) groups is 2. The molecule has 2 N–H and O–H groups in total. The Morgan fingerprint density at radius 3 is 1.16 bits per heavy atom. The second-order valence-corrected chi connectivity index (χ2v) is 18.7. The highest BCUT2D eigenvalue weighted by Crippen LogP contribution is 2.52. The molecule has 0 bridgehead atoms. The smallest absolute Gasteiger partial charge is 0.306 e. The molecule has 2 rings (SSSR count). The van der Waals surface area contributed by atoms with Gasteiger partial charge in [-0.25, -0.2) is 0 Å². The molecule has 50 heavy (non-hydrogen) atoms. The van der Waals surface area contributed by atoms with E-state index in [-0.39, 0.29) is 72.9 Å². The normalized spacial score (nSPS) is 25.0. The van der Waals surface area contributed by atoms with Crippen LogP contribution >= 0.6 is 0 Å². The van der Waals surface area contributed by atoms with E-state index < -0.39 is 23.0 Å². The van der Waals surface area contributed by atoms with Crippen LogP contribution in [-0.4, -0.2) is 74.0 Å². The van der Waals surface area contributed by atoms with E-state index >= 15 is 0 Å². The molecule has 0 aromatic rings. The number of allylic oxidation sites excluding steroid dienone is 4. The first-order valence-electron chi connectivity index (χ1n) is 18.4. The summed E-state index contributed by atoms with van der Waals surface area (Å²) in [5, 5.41) is 22.6. The molecule has 0 saturated carbocycles.